The molecule has 0 aromatic heterocycles. The van der Waals surface area contributed by atoms with Crippen LogP contribution < -0.4 is 5.73 Å². The van der Waals surface area contributed by atoms with Crippen LogP contribution in [0.5, 0.6) is 0 Å². The molecule has 5 heteroatoms. The van der Waals surface area contributed by atoms with Gasteiger partial charge in [0.15, 0.2) is 0 Å². The van der Waals surface area contributed by atoms with Gasteiger partial charge < -0.3 is 15.4 Å². The summed E-state index contributed by atoms with van der Waals surface area (Å²) in [6.07, 6.45) is 1.47. The average Bonchev–Trinajstić information content (AvgIpc) is 3.00. The van der Waals surface area contributed by atoms with E-state index in [4.69, 9.17) is 10.5 Å². The molecule has 2 heterocycles. The summed E-state index contributed by atoms with van der Waals surface area (Å²) in [5.74, 6) is 0.184. The third kappa shape index (κ3) is 3.36. The topological polar surface area (TPSA) is 58.8 Å². The Balaban J connectivity index is 1.55. The minimum absolute atomic E-state index is 0.184. The third-order valence-corrected chi connectivity index (χ3v) is 4.47. The smallest absolute Gasteiger partial charge is 0.227 e. The predicted molar refractivity (Wildman–Crippen MR) is 81.9 cm³/mol. The van der Waals surface area contributed by atoms with Crippen LogP contribution in [0, 0.1) is 0 Å². The molecule has 114 valence electrons. The number of benzene rings is 1. The standard InChI is InChI=1S/C16H23N3O2/c17-15-4-2-1-3-13(15)11-16(20)19-6-5-14(12-19)18-7-9-21-10-8-18/h1-4,14H,5-12,17H2. The molecule has 3 rings (SSSR count). The van der Waals surface area contributed by atoms with Gasteiger partial charge in [0.05, 0.1) is 19.6 Å². The van der Waals surface area contributed by atoms with Gasteiger partial charge in [-0.2, -0.15) is 0 Å². The van der Waals surface area contributed by atoms with Gasteiger partial charge in [0.2, 0.25) is 5.91 Å². The first kappa shape index (κ1) is 14.4. The van der Waals surface area contributed by atoms with Gasteiger partial charge in [-0.1, -0.05) is 18.2 Å². The predicted octanol–water partition coefficient (Wildman–Crippen LogP) is 0.744. The zero-order valence-electron chi connectivity index (χ0n) is 12.3. The molecule has 2 aliphatic heterocycles. The molecule has 2 N–H and O–H groups in total. The lowest BCUT2D eigenvalue weighted by Gasteiger charge is -2.32. The van der Waals surface area contributed by atoms with Crippen molar-refractivity contribution in [3.05, 3.63) is 29.8 Å². The Hall–Kier alpha value is -1.59. The van der Waals surface area contributed by atoms with E-state index in [1.54, 1.807) is 0 Å². The summed E-state index contributed by atoms with van der Waals surface area (Å²) in [6.45, 7) is 5.28. The average molecular weight is 289 g/mol. The van der Waals surface area contributed by atoms with E-state index in [0.29, 0.717) is 18.2 Å². The highest BCUT2D eigenvalue weighted by Crippen LogP contribution is 2.19. The fourth-order valence-electron chi connectivity index (χ4n) is 3.18. The number of rotatable bonds is 3. The molecule has 2 saturated heterocycles. The van der Waals surface area contributed by atoms with Gasteiger partial charge >= 0.3 is 0 Å². The van der Waals surface area contributed by atoms with Crippen LogP contribution in [0.15, 0.2) is 24.3 Å². The minimum atomic E-state index is 0.184. The van der Waals surface area contributed by atoms with Crippen LogP contribution in [-0.4, -0.2) is 61.1 Å². The highest BCUT2D eigenvalue weighted by molar-refractivity contribution is 5.80. The third-order valence-electron chi connectivity index (χ3n) is 4.47. The van der Waals surface area contributed by atoms with Crippen molar-refractivity contribution < 1.29 is 9.53 Å². The number of nitrogens with zero attached hydrogens (tertiary/aromatic N) is 2. The second-order valence-corrected chi connectivity index (χ2v) is 5.81. The molecular formula is C16H23N3O2. The van der Waals surface area contributed by atoms with Gasteiger partial charge in [0.1, 0.15) is 0 Å². The van der Waals surface area contributed by atoms with Gasteiger partial charge in [0.25, 0.3) is 0 Å². The summed E-state index contributed by atoms with van der Waals surface area (Å²) in [5.41, 5.74) is 7.55. The number of carbonyl (C=O) groups is 1. The van der Waals surface area contributed by atoms with Crippen LogP contribution in [0.2, 0.25) is 0 Å². The van der Waals surface area contributed by atoms with Crippen molar-refractivity contribution in [1.29, 1.82) is 0 Å². The highest BCUT2D eigenvalue weighted by Gasteiger charge is 2.31. The Bertz CT molecular complexity index is 500. The van der Waals surface area contributed by atoms with Crippen LogP contribution in [0.4, 0.5) is 5.69 Å². The summed E-state index contributed by atoms with van der Waals surface area (Å²) in [7, 11) is 0. The van der Waals surface area contributed by atoms with Gasteiger partial charge in [0, 0.05) is 37.9 Å². The Morgan fingerprint density at radius 1 is 1.24 bits per heavy atom. The number of para-hydroxylation sites is 1. The molecule has 5 nitrogen and oxygen atoms in total. The molecule has 1 unspecified atom stereocenters. The Morgan fingerprint density at radius 3 is 2.76 bits per heavy atom. The Labute approximate surface area is 125 Å². The van der Waals surface area contributed by atoms with Crippen LogP contribution in [0.1, 0.15) is 12.0 Å². The van der Waals surface area contributed by atoms with E-state index in [-0.39, 0.29) is 5.91 Å². The second-order valence-electron chi connectivity index (χ2n) is 5.81. The molecule has 2 aliphatic rings. The fraction of sp³-hybridized carbons (Fsp3) is 0.562. The first-order chi connectivity index (χ1) is 10.2. The molecule has 1 aromatic carbocycles. The van der Waals surface area contributed by atoms with E-state index in [1.165, 1.54) is 0 Å². The molecule has 21 heavy (non-hydrogen) atoms. The van der Waals surface area contributed by atoms with Crippen molar-refractivity contribution in [2.75, 3.05) is 45.1 Å². The number of nitrogen functional groups attached to an aromatic ring is 1. The number of amides is 1. The normalized spacial score (nSPS) is 23.4. The largest absolute Gasteiger partial charge is 0.398 e. The number of ether oxygens (including phenoxy) is 1. The molecule has 1 aromatic rings. The fourth-order valence-corrected chi connectivity index (χ4v) is 3.18. The van der Waals surface area contributed by atoms with E-state index in [1.807, 2.05) is 29.2 Å². The van der Waals surface area contributed by atoms with Crippen molar-refractivity contribution >= 4 is 11.6 Å². The van der Waals surface area contributed by atoms with Crippen molar-refractivity contribution in [2.24, 2.45) is 0 Å². The molecule has 1 amide bonds. The Morgan fingerprint density at radius 2 is 2.00 bits per heavy atom. The van der Waals surface area contributed by atoms with E-state index in [9.17, 15) is 4.79 Å². The summed E-state index contributed by atoms with van der Waals surface area (Å²) in [4.78, 5) is 16.9. The van der Waals surface area contributed by atoms with Crippen molar-refractivity contribution in [1.82, 2.24) is 9.80 Å². The summed E-state index contributed by atoms with van der Waals surface area (Å²) >= 11 is 0. The lowest BCUT2D eigenvalue weighted by Crippen LogP contribution is -2.45. The molecule has 0 spiro atoms. The molecule has 0 aliphatic carbocycles. The van der Waals surface area contributed by atoms with Crippen LogP contribution in [-0.2, 0) is 16.0 Å². The molecule has 2 fully saturated rings. The molecular weight excluding hydrogens is 266 g/mol. The lowest BCUT2D eigenvalue weighted by atomic mass is 10.1. The van der Waals surface area contributed by atoms with Crippen molar-refractivity contribution in [3.63, 3.8) is 0 Å². The zero-order valence-corrected chi connectivity index (χ0v) is 12.3. The molecule has 0 bridgehead atoms. The van der Waals surface area contributed by atoms with Crippen molar-refractivity contribution in [3.8, 4) is 0 Å². The van der Waals surface area contributed by atoms with Gasteiger partial charge in [-0.25, -0.2) is 0 Å². The number of hydrogen-bond donors (Lipinski definition) is 1. The summed E-state index contributed by atoms with van der Waals surface area (Å²) in [6, 6.07) is 8.10. The monoisotopic (exact) mass is 289 g/mol. The van der Waals surface area contributed by atoms with Crippen molar-refractivity contribution in [2.45, 2.75) is 18.9 Å². The minimum Gasteiger partial charge on any atom is -0.398 e. The van der Waals surface area contributed by atoms with Gasteiger partial charge in [-0.05, 0) is 18.1 Å². The summed E-state index contributed by atoms with van der Waals surface area (Å²) < 4.78 is 5.39. The number of nitrogens with two attached hydrogens (primary N) is 1. The number of carbonyl (C=O) groups excluding carboxylic acids is 1. The first-order valence-corrected chi connectivity index (χ1v) is 7.67. The highest BCUT2D eigenvalue weighted by atomic mass is 16.5. The number of anilines is 1. The maximum atomic E-state index is 12.4. The number of likely N-dealkylation sites (tertiary alicyclic amines) is 1. The maximum Gasteiger partial charge on any atom is 0.227 e. The molecule has 0 radical (unpaired) electrons. The van der Waals surface area contributed by atoms with Crippen LogP contribution in [0.3, 0.4) is 0 Å². The van der Waals surface area contributed by atoms with Crippen LogP contribution in [0.25, 0.3) is 0 Å². The van der Waals surface area contributed by atoms with Gasteiger partial charge in [-0.3, -0.25) is 9.69 Å². The lowest BCUT2D eigenvalue weighted by molar-refractivity contribution is -0.129. The van der Waals surface area contributed by atoms with Crippen LogP contribution >= 0.6 is 0 Å². The van der Waals surface area contributed by atoms with Gasteiger partial charge in [-0.15, -0.1) is 0 Å². The quantitative estimate of drug-likeness (QED) is 0.834. The second kappa shape index (κ2) is 6.45. The maximum absolute atomic E-state index is 12.4. The number of hydrogen-bond acceptors (Lipinski definition) is 4. The van der Waals surface area contributed by atoms with E-state index >= 15 is 0 Å². The Kier molecular flexibility index (Phi) is 4.41. The summed E-state index contributed by atoms with van der Waals surface area (Å²) in [5, 5.41) is 0. The SMILES string of the molecule is Nc1ccccc1CC(=O)N1CCC(N2CCOCC2)C1. The number of morpholine rings is 1. The van der Waals surface area contributed by atoms with E-state index in [2.05, 4.69) is 4.90 Å². The molecule has 0 saturated carbocycles. The van der Waals surface area contributed by atoms with E-state index in [0.717, 1.165) is 51.4 Å². The molecule has 1 atom stereocenters. The van der Waals surface area contributed by atoms with E-state index < -0.39 is 0 Å². The zero-order chi connectivity index (χ0) is 14.7. The first-order valence-electron chi connectivity index (χ1n) is 7.67.